The second-order valence-electron chi connectivity index (χ2n) is 14.0. The molecule has 7 amide bonds. The predicted octanol–water partition coefficient (Wildman–Crippen LogP) is 0.859. The van der Waals surface area contributed by atoms with E-state index in [1.807, 2.05) is 20.1 Å². The molecule has 0 aliphatic carbocycles. The summed E-state index contributed by atoms with van der Waals surface area (Å²) < 4.78 is 0. The summed E-state index contributed by atoms with van der Waals surface area (Å²) in [7, 11) is 0. The summed E-state index contributed by atoms with van der Waals surface area (Å²) >= 11 is 1.49. The zero-order valence-electron chi connectivity index (χ0n) is 32.1. The Morgan fingerprint density at radius 3 is 1.84 bits per heavy atom. The van der Waals surface area contributed by atoms with E-state index in [0.717, 1.165) is 0 Å². The summed E-state index contributed by atoms with van der Waals surface area (Å²) in [6.07, 6.45) is 3.71. The van der Waals surface area contributed by atoms with Crippen LogP contribution in [0.5, 0.6) is 0 Å². The van der Waals surface area contributed by atoms with Gasteiger partial charge in [0.15, 0.2) is 0 Å². The van der Waals surface area contributed by atoms with Gasteiger partial charge in [0.05, 0.1) is 6.04 Å². The van der Waals surface area contributed by atoms with E-state index < -0.39 is 77.5 Å². The maximum Gasteiger partial charge on any atom is 0.268 e. The molecule has 0 aromatic heterocycles. The molecule has 11 N–H and O–H groups in total. The quantitative estimate of drug-likeness (QED) is 0.0743. The highest BCUT2D eigenvalue weighted by Crippen LogP contribution is 2.13. The number of primary amides is 2. The first-order chi connectivity index (χ1) is 26.0. The van der Waals surface area contributed by atoms with E-state index in [1.54, 1.807) is 74.5 Å². The minimum atomic E-state index is -1.21. The number of carbonyl (C=O) groups is 7. The molecule has 0 bridgehead atoms. The third kappa shape index (κ3) is 16.8. The van der Waals surface area contributed by atoms with Gasteiger partial charge in [0, 0.05) is 12.8 Å². The Labute approximate surface area is 327 Å². The first-order valence-electron chi connectivity index (χ1n) is 18.2. The Morgan fingerprint density at radius 2 is 1.29 bits per heavy atom. The van der Waals surface area contributed by atoms with Gasteiger partial charge in [0.2, 0.25) is 35.4 Å². The van der Waals surface area contributed by atoms with Crippen molar-refractivity contribution in [2.24, 2.45) is 29.0 Å². The van der Waals surface area contributed by atoms with Crippen LogP contribution >= 0.6 is 11.8 Å². The van der Waals surface area contributed by atoms with Gasteiger partial charge in [-0.25, -0.2) is 0 Å². The number of thioether (sulfide) groups is 1. The van der Waals surface area contributed by atoms with E-state index in [2.05, 4.69) is 26.6 Å². The topological polar surface area (TPSA) is 258 Å². The average molecular weight is 781 g/mol. The van der Waals surface area contributed by atoms with Gasteiger partial charge < -0.3 is 43.8 Å². The van der Waals surface area contributed by atoms with Crippen LogP contribution in [0.3, 0.4) is 0 Å². The second kappa shape index (κ2) is 23.5. The molecule has 55 heavy (non-hydrogen) atoms. The molecule has 300 valence electrons. The molecule has 2 rings (SSSR count). The summed E-state index contributed by atoms with van der Waals surface area (Å²) in [5, 5.41) is 13.4. The van der Waals surface area contributed by atoms with E-state index in [1.165, 1.54) is 17.8 Å². The molecule has 0 heterocycles. The van der Waals surface area contributed by atoms with Crippen molar-refractivity contribution >= 4 is 59.2 Å². The number of rotatable bonds is 23. The summed E-state index contributed by atoms with van der Waals surface area (Å²) in [5.41, 5.74) is 17.8. The van der Waals surface area contributed by atoms with Gasteiger partial charge in [0.25, 0.3) is 5.91 Å². The molecule has 0 aliphatic rings. The lowest BCUT2D eigenvalue weighted by molar-refractivity contribution is -0.134. The molecule has 0 aliphatic heterocycles. The summed E-state index contributed by atoms with van der Waals surface area (Å²) in [5.74, 6) is -4.76. The Hall–Kier alpha value is -5.22. The van der Waals surface area contributed by atoms with Crippen LogP contribution in [0.1, 0.15) is 64.5 Å². The van der Waals surface area contributed by atoms with Crippen molar-refractivity contribution in [3.63, 3.8) is 0 Å². The number of carbonyl (C=O) groups excluding carboxylic acids is 7. The molecule has 0 saturated carbocycles. The van der Waals surface area contributed by atoms with E-state index in [4.69, 9.17) is 17.2 Å². The second-order valence-corrected chi connectivity index (χ2v) is 14.9. The third-order valence-electron chi connectivity index (χ3n) is 8.41. The van der Waals surface area contributed by atoms with Crippen LogP contribution in [-0.4, -0.2) is 83.6 Å². The average Bonchev–Trinajstić information content (AvgIpc) is 3.13. The van der Waals surface area contributed by atoms with Gasteiger partial charge in [-0.3, -0.25) is 33.6 Å². The standard InChI is InChI=1S/C39H56N8O7S/c1-23(2)20-29(36(51)43-28(34(42)49)18-19-55-5)46-39(54)33(24(3)4)47-38(53)31(22-26-14-10-7-11-15-26)45-37(52)30(21-25-12-8-6-9-13-25)44-35(50)27(40)16-17-32(41)48/h6-15,22-24,27-30,33H,16-21,40H2,1-5H3,(H2,41,48)(H2,42,49)(H,43,51)(H,44,50)(H,45,52)(H,46,54)(H,47,53)/b31-22+/t27-,28-,29-,30-,33-/m0/s1. The smallest absolute Gasteiger partial charge is 0.268 e. The van der Waals surface area contributed by atoms with Crippen molar-refractivity contribution in [3.8, 4) is 0 Å². The van der Waals surface area contributed by atoms with Gasteiger partial charge >= 0.3 is 0 Å². The Morgan fingerprint density at radius 1 is 0.709 bits per heavy atom. The van der Waals surface area contributed by atoms with Crippen molar-refractivity contribution in [1.29, 1.82) is 0 Å². The number of amides is 7. The van der Waals surface area contributed by atoms with Gasteiger partial charge in [-0.1, -0.05) is 88.4 Å². The van der Waals surface area contributed by atoms with Crippen LogP contribution in [0.2, 0.25) is 0 Å². The summed E-state index contributed by atoms with van der Waals surface area (Å²) in [4.78, 5) is 91.5. The van der Waals surface area contributed by atoms with E-state index in [9.17, 15) is 33.6 Å². The highest BCUT2D eigenvalue weighted by molar-refractivity contribution is 7.98. The minimum absolute atomic E-state index is 0.0287. The first kappa shape index (κ1) is 45.9. The van der Waals surface area contributed by atoms with E-state index in [-0.39, 0.29) is 37.3 Å². The number of hydrogen-bond acceptors (Lipinski definition) is 9. The lowest BCUT2D eigenvalue weighted by Crippen LogP contribution is -2.58. The molecule has 0 fully saturated rings. The van der Waals surface area contributed by atoms with Crippen LogP contribution in [0.4, 0.5) is 0 Å². The van der Waals surface area contributed by atoms with Crippen LogP contribution < -0.4 is 43.8 Å². The SMILES string of the molecule is CSCC[C@H](NC(=O)[C@H](CC(C)C)NC(=O)[C@@H](NC(=O)/C(=C\c1ccccc1)NC(=O)[C@H](Cc1ccccc1)NC(=O)[C@@H](N)CCC(N)=O)C(C)C)C(N)=O. The number of hydrogen-bond donors (Lipinski definition) is 8. The largest absolute Gasteiger partial charge is 0.370 e. The molecule has 0 unspecified atom stereocenters. The van der Waals surface area contributed by atoms with Crippen LogP contribution in [-0.2, 0) is 40.0 Å². The fourth-order valence-corrected chi connectivity index (χ4v) is 5.84. The Kier molecular flexibility index (Phi) is 19.7. The molecule has 5 atom stereocenters. The van der Waals surface area contributed by atoms with Crippen molar-refractivity contribution in [2.45, 2.75) is 90.0 Å². The summed E-state index contributed by atoms with van der Waals surface area (Å²) in [6.45, 7) is 7.16. The monoisotopic (exact) mass is 780 g/mol. The van der Waals surface area contributed by atoms with Gasteiger partial charge in [-0.15, -0.1) is 0 Å². The van der Waals surface area contributed by atoms with Crippen molar-refractivity contribution in [1.82, 2.24) is 26.6 Å². The van der Waals surface area contributed by atoms with Gasteiger partial charge in [0.1, 0.15) is 29.9 Å². The number of benzene rings is 2. The van der Waals surface area contributed by atoms with Crippen molar-refractivity contribution in [3.05, 3.63) is 77.5 Å². The van der Waals surface area contributed by atoms with Crippen LogP contribution in [0.25, 0.3) is 6.08 Å². The minimum Gasteiger partial charge on any atom is -0.370 e. The Bertz CT molecular complexity index is 1640. The molecule has 2 aromatic carbocycles. The van der Waals surface area contributed by atoms with Gasteiger partial charge in [-0.05, 0) is 60.3 Å². The zero-order valence-corrected chi connectivity index (χ0v) is 32.9. The van der Waals surface area contributed by atoms with Crippen molar-refractivity contribution < 1.29 is 33.6 Å². The normalized spacial score (nSPS) is 14.1. The van der Waals surface area contributed by atoms with E-state index >= 15 is 0 Å². The fourth-order valence-electron chi connectivity index (χ4n) is 5.37. The maximum absolute atomic E-state index is 14.0. The lowest BCUT2D eigenvalue weighted by Gasteiger charge is -2.27. The summed E-state index contributed by atoms with van der Waals surface area (Å²) in [6, 6.07) is 12.1. The van der Waals surface area contributed by atoms with E-state index in [0.29, 0.717) is 23.3 Å². The molecule has 2 aromatic rings. The number of nitrogens with two attached hydrogens (primary N) is 3. The van der Waals surface area contributed by atoms with Gasteiger partial charge in [-0.2, -0.15) is 11.8 Å². The fraction of sp³-hybridized carbons (Fsp3) is 0.462. The zero-order chi connectivity index (χ0) is 41.1. The highest BCUT2D eigenvalue weighted by atomic mass is 32.2. The molecular formula is C39H56N8O7S. The molecular weight excluding hydrogens is 725 g/mol. The lowest BCUT2D eigenvalue weighted by atomic mass is 9.99. The number of nitrogens with one attached hydrogen (secondary N) is 5. The van der Waals surface area contributed by atoms with Crippen LogP contribution in [0.15, 0.2) is 66.4 Å². The Balaban J connectivity index is 2.40. The first-order valence-corrected chi connectivity index (χ1v) is 19.6. The highest BCUT2D eigenvalue weighted by Gasteiger charge is 2.32. The predicted molar refractivity (Wildman–Crippen MR) is 213 cm³/mol. The molecule has 16 heteroatoms. The molecule has 15 nitrogen and oxygen atoms in total. The maximum atomic E-state index is 14.0. The van der Waals surface area contributed by atoms with Crippen LogP contribution in [0, 0.1) is 11.8 Å². The van der Waals surface area contributed by atoms with Crippen molar-refractivity contribution in [2.75, 3.05) is 12.0 Å². The molecule has 0 radical (unpaired) electrons. The third-order valence-corrected chi connectivity index (χ3v) is 9.06. The molecule has 0 saturated heterocycles. The molecule has 0 spiro atoms.